The highest BCUT2D eigenvalue weighted by Crippen LogP contribution is 2.22. The standard InChI is InChI=1S/C13H13N3O2/c1-8-3-2-4-9(5-8)18-12-6-10(13(15)17)11(14)7-16-12/h2-7H,14H2,1H3,(H2,15,17). The van der Waals surface area contributed by atoms with Gasteiger partial charge in [0.2, 0.25) is 5.88 Å². The molecule has 92 valence electrons. The number of aryl methyl sites for hydroxylation is 1. The summed E-state index contributed by atoms with van der Waals surface area (Å²) in [6.07, 6.45) is 1.35. The topological polar surface area (TPSA) is 91.2 Å². The fourth-order valence-electron chi connectivity index (χ4n) is 1.52. The van der Waals surface area contributed by atoms with E-state index in [0.717, 1.165) is 5.56 Å². The van der Waals surface area contributed by atoms with Crippen molar-refractivity contribution < 1.29 is 9.53 Å². The quantitative estimate of drug-likeness (QED) is 0.860. The van der Waals surface area contributed by atoms with Crippen LogP contribution in [0, 0.1) is 6.92 Å². The Labute approximate surface area is 104 Å². The van der Waals surface area contributed by atoms with Gasteiger partial charge in [-0.05, 0) is 24.6 Å². The molecule has 1 aromatic carbocycles. The van der Waals surface area contributed by atoms with Gasteiger partial charge < -0.3 is 16.2 Å². The van der Waals surface area contributed by atoms with Gasteiger partial charge in [-0.1, -0.05) is 12.1 Å². The molecule has 0 saturated heterocycles. The summed E-state index contributed by atoms with van der Waals surface area (Å²) in [5.74, 6) is 0.315. The van der Waals surface area contributed by atoms with E-state index >= 15 is 0 Å². The van der Waals surface area contributed by atoms with E-state index in [1.165, 1.54) is 12.3 Å². The summed E-state index contributed by atoms with van der Waals surface area (Å²) in [5.41, 5.74) is 12.3. The Balaban J connectivity index is 2.30. The molecule has 0 saturated carbocycles. The zero-order valence-electron chi connectivity index (χ0n) is 9.88. The third-order valence-corrected chi connectivity index (χ3v) is 2.39. The minimum atomic E-state index is -0.607. The monoisotopic (exact) mass is 243 g/mol. The molecule has 0 bridgehead atoms. The van der Waals surface area contributed by atoms with Crippen LogP contribution in [0.15, 0.2) is 36.5 Å². The number of aromatic nitrogens is 1. The number of benzene rings is 1. The predicted molar refractivity (Wildman–Crippen MR) is 68.4 cm³/mol. The molecule has 0 aliphatic heterocycles. The molecule has 5 nitrogen and oxygen atoms in total. The van der Waals surface area contributed by atoms with Gasteiger partial charge in [-0.25, -0.2) is 4.98 Å². The number of anilines is 1. The molecule has 1 amide bonds. The number of hydrogen-bond donors (Lipinski definition) is 2. The number of ether oxygens (including phenoxy) is 1. The highest BCUT2D eigenvalue weighted by Gasteiger charge is 2.09. The van der Waals surface area contributed by atoms with Gasteiger partial charge in [0.25, 0.3) is 5.91 Å². The molecular weight excluding hydrogens is 230 g/mol. The molecule has 1 heterocycles. The van der Waals surface area contributed by atoms with E-state index in [9.17, 15) is 4.79 Å². The van der Waals surface area contributed by atoms with Crippen molar-refractivity contribution >= 4 is 11.6 Å². The number of primary amides is 1. The van der Waals surface area contributed by atoms with Gasteiger partial charge in [0.05, 0.1) is 17.4 Å². The van der Waals surface area contributed by atoms with Crippen molar-refractivity contribution in [3.05, 3.63) is 47.7 Å². The van der Waals surface area contributed by atoms with E-state index in [-0.39, 0.29) is 17.1 Å². The molecule has 18 heavy (non-hydrogen) atoms. The van der Waals surface area contributed by atoms with E-state index < -0.39 is 5.91 Å². The Morgan fingerprint density at radius 1 is 1.33 bits per heavy atom. The van der Waals surface area contributed by atoms with Crippen molar-refractivity contribution in [1.29, 1.82) is 0 Å². The molecule has 0 spiro atoms. The van der Waals surface area contributed by atoms with E-state index in [0.29, 0.717) is 5.75 Å². The Morgan fingerprint density at radius 2 is 2.11 bits per heavy atom. The average molecular weight is 243 g/mol. The van der Waals surface area contributed by atoms with E-state index in [2.05, 4.69) is 4.98 Å². The zero-order valence-corrected chi connectivity index (χ0v) is 9.88. The first-order chi connectivity index (χ1) is 8.56. The molecule has 0 radical (unpaired) electrons. The van der Waals surface area contributed by atoms with Crippen molar-refractivity contribution in [3.63, 3.8) is 0 Å². The maximum atomic E-state index is 11.1. The second-order valence-corrected chi connectivity index (χ2v) is 3.89. The first kappa shape index (κ1) is 11.9. The molecule has 0 fully saturated rings. The fraction of sp³-hybridized carbons (Fsp3) is 0.0769. The van der Waals surface area contributed by atoms with Crippen LogP contribution in [-0.2, 0) is 0 Å². The SMILES string of the molecule is Cc1cccc(Oc2cc(C(N)=O)c(N)cn2)c1. The number of nitrogen functional groups attached to an aromatic ring is 1. The summed E-state index contributed by atoms with van der Waals surface area (Å²) in [4.78, 5) is 15.1. The van der Waals surface area contributed by atoms with Crippen LogP contribution in [0.1, 0.15) is 15.9 Å². The maximum Gasteiger partial charge on any atom is 0.251 e. The van der Waals surface area contributed by atoms with Crippen LogP contribution < -0.4 is 16.2 Å². The summed E-state index contributed by atoms with van der Waals surface area (Å²) >= 11 is 0. The van der Waals surface area contributed by atoms with Gasteiger partial charge in [0, 0.05) is 6.07 Å². The minimum Gasteiger partial charge on any atom is -0.439 e. The second-order valence-electron chi connectivity index (χ2n) is 3.89. The van der Waals surface area contributed by atoms with Gasteiger partial charge in [-0.15, -0.1) is 0 Å². The molecule has 4 N–H and O–H groups in total. The Morgan fingerprint density at radius 3 is 2.78 bits per heavy atom. The maximum absolute atomic E-state index is 11.1. The third kappa shape index (κ3) is 2.57. The number of carbonyl (C=O) groups is 1. The summed E-state index contributed by atoms with van der Waals surface area (Å²) in [6, 6.07) is 8.92. The van der Waals surface area contributed by atoms with E-state index in [4.69, 9.17) is 16.2 Å². The summed E-state index contributed by atoms with van der Waals surface area (Å²) in [5, 5.41) is 0. The van der Waals surface area contributed by atoms with Crippen molar-refractivity contribution in [1.82, 2.24) is 4.98 Å². The van der Waals surface area contributed by atoms with Crippen molar-refractivity contribution in [2.24, 2.45) is 5.73 Å². The van der Waals surface area contributed by atoms with Crippen LogP contribution in [-0.4, -0.2) is 10.9 Å². The number of nitrogens with zero attached hydrogens (tertiary/aromatic N) is 1. The van der Waals surface area contributed by atoms with Crippen LogP contribution >= 0.6 is 0 Å². The van der Waals surface area contributed by atoms with Gasteiger partial charge in [-0.3, -0.25) is 4.79 Å². The third-order valence-electron chi connectivity index (χ3n) is 2.39. The van der Waals surface area contributed by atoms with Crippen molar-refractivity contribution in [2.45, 2.75) is 6.92 Å². The van der Waals surface area contributed by atoms with Crippen LogP contribution in [0.3, 0.4) is 0 Å². The highest BCUT2D eigenvalue weighted by atomic mass is 16.5. The number of pyridine rings is 1. The smallest absolute Gasteiger partial charge is 0.251 e. The molecule has 5 heteroatoms. The summed E-state index contributed by atoms with van der Waals surface area (Å²) in [6.45, 7) is 1.96. The number of rotatable bonds is 3. The normalized spacial score (nSPS) is 10.1. The Hall–Kier alpha value is -2.56. The van der Waals surface area contributed by atoms with Gasteiger partial charge in [0.1, 0.15) is 5.75 Å². The molecule has 2 rings (SSSR count). The lowest BCUT2D eigenvalue weighted by Crippen LogP contribution is -2.13. The molecular formula is C13H13N3O2. The summed E-state index contributed by atoms with van der Waals surface area (Å²) < 4.78 is 5.53. The molecule has 0 aliphatic rings. The Bertz CT molecular complexity index is 597. The highest BCUT2D eigenvalue weighted by molar-refractivity contribution is 5.98. The lowest BCUT2D eigenvalue weighted by atomic mass is 10.2. The van der Waals surface area contributed by atoms with Crippen LogP contribution in [0.25, 0.3) is 0 Å². The van der Waals surface area contributed by atoms with E-state index in [1.54, 1.807) is 6.07 Å². The molecule has 0 atom stereocenters. The fourth-order valence-corrected chi connectivity index (χ4v) is 1.52. The first-order valence-corrected chi connectivity index (χ1v) is 5.36. The average Bonchev–Trinajstić information content (AvgIpc) is 2.31. The number of amides is 1. The number of nitrogens with two attached hydrogens (primary N) is 2. The predicted octanol–water partition coefficient (Wildman–Crippen LogP) is 1.86. The van der Waals surface area contributed by atoms with Crippen LogP contribution in [0.4, 0.5) is 5.69 Å². The van der Waals surface area contributed by atoms with Crippen LogP contribution in [0.5, 0.6) is 11.6 Å². The van der Waals surface area contributed by atoms with Gasteiger partial charge in [-0.2, -0.15) is 0 Å². The lowest BCUT2D eigenvalue weighted by Gasteiger charge is -2.07. The molecule has 0 unspecified atom stereocenters. The summed E-state index contributed by atoms with van der Waals surface area (Å²) in [7, 11) is 0. The Kier molecular flexibility index (Phi) is 3.14. The molecule has 2 aromatic rings. The lowest BCUT2D eigenvalue weighted by molar-refractivity contribution is 0.100. The van der Waals surface area contributed by atoms with E-state index in [1.807, 2.05) is 25.1 Å². The van der Waals surface area contributed by atoms with Crippen molar-refractivity contribution in [3.8, 4) is 11.6 Å². The number of carbonyl (C=O) groups excluding carboxylic acids is 1. The van der Waals surface area contributed by atoms with Gasteiger partial charge >= 0.3 is 0 Å². The first-order valence-electron chi connectivity index (χ1n) is 5.36. The largest absolute Gasteiger partial charge is 0.439 e. The van der Waals surface area contributed by atoms with Crippen LogP contribution in [0.2, 0.25) is 0 Å². The number of hydrogen-bond acceptors (Lipinski definition) is 4. The molecule has 0 aliphatic carbocycles. The van der Waals surface area contributed by atoms with Crippen molar-refractivity contribution in [2.75, 3.05) is 5.73 Å². The minimum absolute atomic E-state index is 0.202. The second kappa shape index (κ2) is 4.75. The zero-order chi connectivity index (χ0) is 13.1. The molecule has 1 aromatic heterocycles. The van der Waals surface area contributed by atoms with Gasteiger partial charge in [0.15, 0.2) is 0 Å².